The maximum atomic E-state index is 14.1. The van der Waals surface area contributed by atoms with Gasteiger partial charge < -0.3 is 5.73 Å². The second kappa shape index (κ2) is 4.23. The maximum absolute atomic E-state index is 14.1. The number of hydrogen-bond acceptors (Lipinski definition) is 4. The molecule has 2 rings (SSSR count). The minimum atomic E-state index is -3.03. The molecule has 2 aliphatic rings. The second-order valence-corrected chi connectivity index (χ2v) is 7.34. The molecular formula is C10H19FN2O2S. The average molecular weight is 250 g/mol. The molecule has 2 fully saturated rings. The summed E-state index contributed by atoms with van der Waals surface area (Å²) >= 11 is 0. The number of halogens is 1. The second-order valence-electron chi connectivity index (χ2n) is 5.03. The van der Waals surface area contributed by atoms with Crippen molar-refractivity contribution in [1.82, 2.24) is 5.32 Å². The molecule has 0 radical (unpaired) electrons. The third kappa shape index (κ3) is 2.55. The Bertz CT molecular complexity index is 360. The van der Waals surface area contributed by atoms with Crippen LogP contribution in [-0.2, 0) is 9.84 Å². The number of nitrogens with two attached hydrogens (primary N) is 1. The van der Waals surface area contributed by atoms with Gasteiger partial charge in [0.25, 0.3) is 0 Å². The number of sulfone groups is 1. The summed E-state index contributed by atoms with van der Waals surface area (Å²) < 4.78 is 37.2. The highest BCUT2D eigenvalue weighted by molar-refractivity contribution is 7.92. The highest BCUT2D eigenvalue weighted by Gasteiger charge is 2.40. The first-order valence-electron chi connectivity index (χ1n) is 5.81. The minimum absolute atomic E-state index is 0.0769. The van der Waals surface area contributed by atoms with Gasteiger partial charge in [0.15, 0.2) is 9.84 Å². The SMILES string of the molecule is NC1CCC(F)(CNC2CCCS2(=O)=O)C1. The predicted molar refractivity (Wildman–Crippen MR) is 60.5 cm³/mol. The summed E-state index contributed by atoms with van der Waals surface area (Å²) in [5, 5.41) is 2.31. The van der Waals surface area contributed by atoms with E-state index in [4.69, 9.17) is 5.73 Å². The van der Waals surface area contributed by atoms with E-state index in [0.717, 1.165) is 0 Å². The van der Waals surface area contributed by atoms with E-state index in [-0.39, 0.29) is 18.3 Å². The predicted octanol–water partition coefficient (Wildman–Crippen LogP) is 0.330. The monoisotopic (exact) mass is 250 g/mol. The quantitative estimate of drug-likeness (QED) is 0.757. The van der Waals surface area contributed by atoms with Crippen LogP contribution in [0.4, 0.5) is 4.39 Å². The van der Waals surface area contributed by atoms with Crippen molar-refractivity contribution < 1.29 is 12.8 Å². The highest BCUT2D eigenvalue weighted by atomic mass is 32.2. The van der Waals surface area contributed by atoms with Crippen LogP contribution in [0.3, 0.4) is 0 Å². The van der Waals surface area contributed by atoms with Crippen LogP contribution in [0.15, 0.2) is 0 Å². The summed E-state index contributed by atoms with van der Waals surface area (Å²) in [6.45, 7) is 0.116. The molecule has 1 saturated heterocycles. The Balaban J connectivity index is 1.88. The molecule has 1 aliphatic heterocycles. The van der Waals surface area contributed by atoms with Gasteiger partial charge in [-0.05, 0) is 32.1 Å². The van der Waals surface area contributed by atoms with Gasteiger partial charge in [-0.1, -0.05) is 0 Å². The smallest absolute Gasteiger partial charge is 0.166 e. The van der Waals surface area contributed by atoms with E-state index >= 15 is 0 Å². The van der Waals surface area contributed by atoms with Crippen LogP contribution < -0.4 is 11.1 Å². The van der Waals surface area contributed by atoms with Gasteiger partial charge in [0, 0.05) is 12.6 Å². The van der Waals surface area contributed by atoms with Gasteiger partial charge in [-0.15, -0.1) is 0 Å². The molecule has 3 N–H and O–H groups in total. The fourth-order valence-corrected chi connectivity index (χ4v) is 4.31. The highest BCUT2D eigenvalue weighted by Crippen LogP contribution is 2.32. The summed E-state index contributed by atoms with van der Waals surface area (Å²) in [6.07, 6.45) is 2.75. The molecule has 1 heterocycles. The molecule has 16 heavy (non-hydrogen) atoms. The molecule has 1 aliphatic carbocycles. The van der Waals surface area contributed by atoms with Crippen LogP contribution in [0.1, 0.15) is 32.1 Å². The lowest BCUT2D eigenvalue weighted by Gasteiger charge is -2.22. The van der Waals surface area contributed by atoms with Crippen molar-refractivity contribution in [2.24, 2.45) is 5.73 Å². The zero-order valence-electron chi connectivity index (χ0n) is 9.28. The molecular weight excluding hydrogens is 231 g/mol. The number of rotatable bonds is 3. The lowest BCUT2D eigenvalue weighted by Crippen LogP contribution is -2.42. The largest absolute Gasteiger partial charge is 0.328 e. The molecule has 3 atom stereocenters. The van der Waals surface area contributed by atoms with Crippen molar-refractivity contribution >= 4 is 9.84 Å². The van der Waals surface area contributed by atoms with E-state index in [1.165, 1.54) is 0 Å². The Morgan fingerprint density at radius 2 is 2.19 bits per heavy atom. The standard InChI is InChI=1S/C10H19FN2O2S/c11-10(4-3-8(12)6-10)7-13-9-2-1-5-16(9,14)15/h8-9,13H,1-7,12H2. The van der Waals surface area contributed by atoms with E-state index in [1.807, 2.05) is 0 Å². The summed E-state index contributed by atoms with van der Waals surface area (Å²) in [7, 11) is -3.03. The van der Waals surface area contributed by atoms with Crippen molar-refractivity contribution in [2.75, 3.05) is 12.3 Å². The normalized spacial score (nSPS) is 42.6. The lowest BCUT2D eigenvalue weighted by molar-refractivity contribution is 0.164. The summed E-state index contributed by atoms with van der Waals surface area (Å²) in [6, 6.07) is -0.0769. The summed E-state index contributed by atoms with van der Waals surface area (Å²) in [4.78, 5) is 0. The molecule has 0 aromatic carbocycles. The van der Waals surface area contributed by atoms with Crippen LogP contribution in [-0.4, -0.2) is 37.8 Å². The molecule has 0 spiro atoms. The van der Waals surface area contributed by atoms with Crippen LogP contribution in [0.5, 0.6) is 0 Å². The summed E-state index contributed by atoms with van der Waals surface area (Å²) in [5.74, 6) is 0.226. The maximum Gasteiger partial charge on any atom is 0.166 e. The Morgan fingerprint density at radius 3 is 2.69 bits per heavy atom. The lowest BCUT2D eigenvalue weighted by atomic mass is 10.0. The number of hydrogen-bond donors (Lipinski definition) is 2. The third-order valence-electron chi connectivity index (χ3n) is 3.57. The zero-order valence-corrected chi connectivity index (χ0v) is 10.1. The first kappa shape index (κ1) is 12.3. The Kier molecular flexibility index (Phi) is 3.25. The number of alkyl halides is 1. The molecule has 0 amide bonds. The van der Waals surface area contributed by atoms with Gasteiger partial charge in [0.1, 0.15) is 11.0 Å². The molecule has 6 heteroatoms. The van der Waals surface area contributed by atoms with Crippen LogP contribution in [0, 0.1) is 0 Å². The van der Waals surface area contributed by atoms with E-state index in [2.05, 4.69) is 5.32 Å². The Labute approximate surface area is 95.7 Å². The Morgan fingerprint density at radius 1 is 1.44 bits per heavy atom. The van der Waals surface area contributed by atoms with Crippen LogP contribution in [0.25, 0.3) is 0 Å². The topological polar surface area (TPSA) is 72.2 Å². The average Bonchev–Trinajstić information content (AvgIpc) is 2.68. The first-order chi connectivity index (χ1) is 7.41. The van der Waals surface area contributed by atoms with Gasteiger partial charge in [-0.3, -0.25) is 5.32 Å². The van der Waals surface area contributed by atoms with E-state index < -0.39 is 20.9 Å². The minimum Gasteiger partial charge on any atom is -0.328 e. The molecule has 3 unspecified atom stereocenters. The van der Waals surface area contributed by atoms with Gasteiger partial charge in [0.05, 0.1) is 5.75 Å². The molecule has 0 bridgehead atoms. The van der Waals surface area contributed by atoms with Crippen molar-refractivity contribution in [1.29, 1.82) is 0 Å². The molecule has 1 saturated carbocycles. The van der Waals surface area contributed by atoms with Gasteiger partial charge in [-0.2, -0.15) is 0 Å². The summed E-state index contributed by atoms with van der Waals surface area (Å²) in [5.41, 5.74) is 4.35. The van der Waals surface area contributed by atoms with Gasteiger partial charge >= 0.3 is 0 Å². The first-order valence-corrected chi connectivity index (χ1v) is 7.52. The van der Waals surface area contributed by atoms with E-state index in [0.29, 0.717) is 32.1 Å². The number of nitrogens with one attached hydrogen (secondary N) is 1. The van der Waals surface area contributed by atoms with Crippen LogP contribution in [0.2, 0.25) is 0 Å². The molecule has 4 nitrogen and oxygen atoms in total. The van der Waals surface area contributed by atoms with Crippen molar-refractivity contribution in [3.8, 4) is 0 Å². The van der Waals surface area contributed by atoms with Crippen molar-refractivity contribution in [3.05, 3.63) is 0 Å². The van der Waals surface area contributed by atoms with Crippen LogP contribution >= 0.6 is 0 Å². The van der Waals surface area contributed by atoms with Gasteiger partial charge in [0.2, 0.25) is 0 Å². The van der Waals surface area contributed by atoms with Crippen molar-refractivity contribution in [2.45, 2.75) is 49.2 Å². The Hall–Kier alpha value is -0.200. The molecule has 0 aromatic rings. The molecule has 94 valence electrons. The zero-order chi connectivity index (χ0) is 11.8. The van der Waals surface area contributed by atoms with E-state index in [9.17, 15) is 12.8 Å². The van der Waals surface area contributed by atoms with Crippen molar-refractivity contribution in [3.63, 3.8) is 0 Å². The fraction of sp³-hybridized carbons (Fsp3) is 1.00. The van der Waals surface area contributed by atoms with E-state index in [1.54, 1.807) is 0 Å². The third-order valence-corrected chi connectivity index (χ3v) is 5.69. The fourth-order valence-electron chi connectivity index (χ4n) is 2.60. The molecule has 0 aromatic heterocycles. The van der Waals surface area contributed by atoms with Gasteiger partial charge in [-0.25, -0.2) is 12.8 Å².